The maximum Gasteiger partial charge on any atom is 0.170 e. The Bertz CT molecular complexity index is 374. The van der Waals surface area contributed by atoms with E-state index in [0.29, 0.717) is 10.6 Å². The number of carbonyl (C=O) groups excluding carboxylic acids is 2. The summed E-state index contributed by atoms with van der Waals surface area (Å²) in [6.45, 7) is -0.0354. The van der Waals surface area contributed by atoms with Crippen LogP contribution in [0.25, 0.3) is 0 Å². The second-order valence-electron chi connectivity index (χ2n) is 3.08. The van der Waals surface area contributed by atoms with Crippen molar-refractivity contribution in [3.8, 4) is 0 Å². The van der Waals surface area contributed by atoms with Gasteiger partial charge in [0.1, 0.15) is 6.61 Å². The number of ketones is 2. The van der Waals surface area contributed by atoms with Gasteiger partial charge in [0, 0.05) is 17.7 Å². The van der Waals surface area contributed by atoms with Crippen molar-refractivity contribution in [2.24, 2.45) is 0 Å². The monoisotopic (exact) mass is 226 g/mol. The summed E-state index contributed by atoms with van der Waals surface area (Å²) in [5.74, 6) is -0.470. The van der Waals surface area contributed by atoms with Crippen molar-refractivity contribution in [2.75, 3.05) is 13.7 Å². The number of halogens is 1. The zero-order valence-corrected chi connectivity index (χ0v) is 9.08. The molecule has 15 heavy (non-hydrogen) atoms. The lowest BCUT2D eigenvalue weighted by Crippen LogP contribution is -2.12. The molecule has 4 heteroatoms. The molecule has 0 amide bonds. The second kappa shape index (κ2) is 5.63. The molecule has 0 fully saturated rings. The summed E-state index contributed by atoms with van der Waals surface area (Å²) in [4.78, 5) is 22.7. The third kappa shape index (κ3) is 3.81. The highest BCUT2D eigenvalue weighted by molar-refractivity contribution is 6.31. The summed E-state index contributed by atoms with van der Waals surface area (Å²) in [6, 6.07) is 6.53. The van der Waals surface area contributed by atoms with E-state index in [1.807, 2.05) is 0 Å². The zero-order valence-electron chi connectivity index (χ0n) is 8.33. The van der Waals surface area contributed by atoms with E-state index in [2.05, 4.69) is 4.74 Å². The van der Waals surface area contributed by atoms with Crippen LogP contribution in [0.2, 0.25) is 5.02 Å². The standard InChI is InChI=1S/C11H11ClO3/c1-15-7-10(13)6-11(14)8-3-2-4-9(12)5-8/h2-5H,6-7H2,1H3. The van der Waals surface area contributed by atoms with E-state index in [4.69, 9.17) is 11.6 Å². The molecule has 0 saturated heterocycles. The van der Waals surface area contributed by atoms with Gasteiger partial charge in [0.25, 0.3) is 0 Å². The molecule has 1 rings (SSSR count). The Hall–Kier alpha value is -1.19. The van der Waals surface area contributed by atoms with Crippen molar-refractivity contribution in [2.45, 2.75) is 6.42 Å². The molecule has 0 atom stereocenters. The summed E-state index contributed by atoms with van der Waals surface area (Å²) in [5.41, 5.74) is 0.451. The van der Waals surface area contributed by atoms with Crippen LogP contribution in [0.3, 0.4) is 0 Å². The van der Waals surface area contributed by atoms with Crippen molar-refractivity contribution in [1.82, 2.24) is 0 Å². The molecule has 0 saturated carbocycles. The average molecular weight is 227 g/mol. The molecular formula is C11H11ClO3. The van der Waals surface area contributed by atoms with Gasteiger partial charge in [-0.1, -0.05) is 23.7 Å². The quantitative estimate of drug-likeness (QED) is 0.571. The van der Waals surface area contributed by atoms with Gasteiger partial charge in [0.05, 0.1) is 6.42 Å². The number of hydrogen-bond donors (Lipinski definition) is 0. The average Bonchev–Trinajstić information content (AvgIpc) is 2.18. The molecule has 0 unspecified atom stereocenters. The maximum atomic E-state index is 11.5. The van der Waals surface area contributed by atoms with E-state index in [-0.39, 0.29) is 24.6 Å². The molecule has 0 radical (unpaired) electrons. The topological polar surface area (TPSA) is 43.4 Å². The summed E-state index contributed by atoms with van der Waals surface area (Å²) in [7, 11) is 1.42. The lowest BCUT2D eigenvalue weighted by molar-refractivity contribution is -0.121. The van der Waals surface area contributed by atoms with E-state index in [0.717, 1.165) is 0 Å². The molecule has 1 aromatic carbocycles. The van der Waals surface area contributed by atoms with Gasteiger partial charge >= 0.3 is 0 Å². The molecule has 0 spiro atoms. The molecule has 1 aromatic rings. The lowest BCUT2D eigenvalue weighted by Gasteiger charge is -2.00. The normalized spacial score (nSPS) is 10.0. The third-order valence-corrected chi connectivity index (χ3v) is 2.04. The summed E-state index contributed by atoms with van der Waals surface area (Å²) < 4.78 is 4.64. The molecule has 3 nitrogen and oxygen atoms in total. The Morgan fingerprint density at radius 1 is 1.40 bits per heavy atom. The molecule has 0 bridgehead atoms. The zero-order chi connectivity index (χ0) is 11.3. The summed E-state index contributed by atoms with van der Waals surface area (Å²) in [6.07, 6.45) is -0.145. The van der Waals surface area contributed by atoms with Crippen LogP contribution in [0.1, 0.15) is 16.8 Å². The molecule has 0 aliphatic rings. The summed E-state index contributed by atoms with van der Waals surface area (Å²) >= 11 is 5.72. The van der Waals surface area contributed by atoms with Gasteiger partial charge in [-0.15, -0.1) is 0 Å². The fourth-order valence-corrected chi connectivity index (χ4v) is 1.35. The van der Waals surface area contributed by atoms with Crippen molar-refractivity contribution in [3.63, 3.8) is 0 Å². The van der Waals surface area contributed by atoms with Gasteiger partial charge in [-0.05, 0) is 12.1 Å². The maximum absolute atomic E-state index is 11.5. The van der Waals surface area contributed by atoms with Crippen molar-refractivity contribution >= 4 is 23.2 Å². The second-order valence-corrected chi connectivity index (χ2v) is 3.52. The Morgan fingerprint density at radius 3 is 2.73 bits per heavy atom. The largest absolute Gasteiger partial charge is 0.377 e. The molecule has 0 heterocycles. The predicted molar refractivity (Wildman–Crippen MR) is 57.3 cm³/mol. The highest BCUT2D eigenvalue weighted by Crippen LogP contribution is 2.12. The first-order chi connectivity index (χ1) is 7.13. The van der Waals surface area contributed by atoms with Crippen molar-refractivity contribution in [3.05, 3.63) is 34.9 Å². The molecule has 0 aromatic heterocycles. The first kappa shape index (κ1) is 11.9. The molecule has 80 valence electrons. The van der Waals surface area contributed by atoms with E-state index < -0.39 is 0 Å². The van der Waals surface area contributed by atoms with Gasteiger partial charge in [0.2, 0.25) is 0 Å². The van der Waals surface area contributed by atoms with Crippen LogP contribution in [0, 0.1) is 0 Å². The minimum atomic E-state index is -0.237. The van der Waals surface area contributed by atoms with E-state index in [1.54, 1.807) is 24.3 Å². The number of rotatable bonds is 5. The lowest BCUT2D eigenvalue weighted by atomic mass is 10.1. The van der Waals surface area contributed by atoms with Gasteiger partial charge in [0.15, 0.2) is 11.6 Å². The van der Waals surface area contributed by atoms with E-state index in [9.17, 15) is 9.59 Å². The highest BCUT2D eigenvalue weighted by Gasteiger charge is 2.11. The Kier molecular flexibility index (Phi) is 4.46. The minimum Gasteiger partial charge on any atom is -0.377 e. The van der Waals surface area contributed by atoms with Crippen molar-refractivity contribution < 1.29 is 14.3 Å². The smallest absolute Gasteiger partial charge is 0.170 e. The van der Waals surface area contributed by atoms with Crippen LogP contribution < -0.4 is 0 Å². The molecular weight excluding hydrogens is 216 g/mol. The van der Waals surface area contributed by atoms with Crippen LogP contribution in [-0.4, -0.2) is 25.3 Å². The van der Waals surface area contributed by atoms with Crippen LogP contribution in [0.5, 0.6) is 0 Å². The van der Waals surface area contributed by atoms with Gasteiger partial charge in [-0.25, -0.2) is 0 Å². The van der Waals surface area contributed by atoms with E-state index in [1.165, 1.54) is 7.11 Å². The number of benzene rings is 1. The van der Waals surface area contributed by atoms with Crippen molar-refractivity contribution in [1.29, 1.82) is 0 Å². The first-order valence-corrected chi connectivity index (χ1v) is 4.80. The molecule has 0 aliphatic heterocycles. The van der Waals surface area contributed by atoms with Crippen LogP contribution in [0.4, 0.5) is 0 Å². The van der Waals surface area contributed by atoms with Crippen LogP contribution in [-0.2, 0) is 9.53 Å². The number of methoxy groups -OCH3 is 1. The Morgan fingerprint density at radius 2 is 2.13 bits per heavy atom. The fourth-order valence-electron chi connectivity index (χ4n) is 1.16. The number of carbonyl (C=O) groups is 2. The fraction of sp³-hybridized carbons (Fsp3) is 0.273. The van der Waals surface area contributed by atoms with Crippen LogP contribution in [0.15, 0.2) is 24.3 Å². The van der Waals surface area contributed by atoms with Gasteiger partial charge < -0.3 is 4.74 Å². The van der Waals surface area contributed by atoms with Crippen LogP contribution >= 0.6 is 11.6 Å². The number of Topliss-reactive ketones (excluding diaryl/α,β-unsaturated/α-hetero) is 2. The first-order valence-electron chi connectivity index (χ1n) is 4.43. The number of ether oxygens (including phenoxy) is 1. The molecule has 0 aliphatic carbocycles. The Balaban J connectivity index is 2.65. The predicted octanol–water partition coefficient (Wildman–Crippen LogP) is 2.13. The Labute approximate surface area is 93.0 Å². The van der Waals surface area contributed by atoms with Gasteiger partial charge in [-0.3, -0.25) is 9.59 Å². The summed E-state index contributed by atoms with van der Waals surface area (Å²) in [5, 5.41) is 0.486. The highest BCUT2D eigenvalue weighted by atomic mass is 35.5. The van der Waals surface area contributed by atoms with E-state index >= 15 is 0 Å². The molecule has 0 N–H and O–H groups in total. The number of hydrogen-bond acceptors (Lipinski definition) is 3. The SMILES string of the molecule is COCC(=O)CC(=O)c1cccc(Cl)c1. The third-order valence-electron chi connectivity index (χ3n) is 1.81. The minimum absolute atomic E-state index is 0.0354. The van der Waals surface area contributed by atoms with Gasteiger partial charge in [-0.2, -0.15) is 0 Å².